The summed E-state index contributed by atoms with van der Waals surface area (Å²) in [5.74, 6) is -0.195. The van der Waals surface area contributed by atoms with Gasteiger partial charge in [-0.15, -0.1) is 0 Å². The van der Waals surface area contributed by atoms with E-state index in [-0.39, 0.29) is 17.9 Å². The maximum Gasteiger partial charge on any atom is 0.342 e. The number of ether oxygens (including phenoxy) is 2. The van der Waals surface area contributed by atoms with Gasteiger partial charge in [-0.25, -0.2) is 4.79 Å². The number of hydrogen-bond donors (Lipinski definition) is 1. The van der Waals surface area contributed by atoms with E-state index >= 15 is 0 Å². The zero-order chi connectivity index (χ0) is 12.1. The Balaban J connectivity index is 3.10. The van der Waals surface area contributed by atoms with Gasteiger partial charge < -0.3 is 14.6 Å². The summed E-state index contributed by atoms with van der Waals surface area (Å²) in [6.45, 7) is 4.29. The monoisotopic (exact) mass is 288 g/mol. The highest BCUT2D eigenvalue weighted by Crippen LogP contribution is 2.33. The number of carbonyl (C=O) groups is 1. The summed E-state index contributed by atoms with van der Waals surface area (Å²) in [6.07, 6.45) is 0. The summed E-state index contributed by atoms with van der Waals surface area (Å²) in [5, 5.41) is 9.68. The maximum atomic E-state index is 11.5. The molecule has 0 saturated heterocycles. The lowest BCUT2D eigenvalue weighted by atomic mass is 10.2. The molecule has 0 aliphatic carbocycles. The summed E-state index contributed by atoms with van der Waals surface area (Å²) >= 11 is 3.15. The number of phenolic OH excluding ortho intramolecular Hbond substituents is 1. The topological polar surface area (TPSA) is 55.8 Å². The normalized spacial score (nSPS) is 9.94. The lowest BCUT2D eigenvalue weighted by Crippen LogP contribution is -2.06. The van der Waals surface area contributed by atoms with Gasteiger partial charge in [-0.2, -0.15) is 0 Å². The van der Waals surface area contributed by atoms with Crippen LogP contribution in [0.15, 0.2) is 16.6 Å². The second-order valence-corrected chi connectivity index (χ2v) is 3.81. The molecule has 16 heavy (non-hydrogen) atoms. The minimum atomic E-state index is -0.567. The molecule has 0 bridgehead atoms. The Morgan fingerprint density at radius 1 is 1.38 bits per heavy atom. The van der Waals surface area contributed by atoms with E-state index in [2.05, 4.69) is 15.9 Å². The Labute approximate surface area is 102 Å². The Morgan fingerprint density at radius 2 is 2.06 bits per heavy atom. The molecule has 0 aromatic heterocycles. The molecule has 0 radical (unpaired) electrons. The molecule has 4 nitrogen and oxygen atoms in total. The van der Waals surface area contributed by atoms with E-state index in [0.717, 1.165) is 0 Å². The minimum Gasteiger partial charge on any atom is -0.506 e. The quantitative estimate of drug-likeness (QED) is 0.866. The molecule has 0 unspecified atom stereocenters. The van der Waals surface area contributed by atoms with Gasteiger partial charge in [0.1, 0.15) is 17.1 Å². The van der Waals surface area contributed by atoms with Crippen LogP contribution in [0.3, 0.4) is 0 Å². The third kappa shape index (κ3) is 2.88. The third-order valence-electron chi connectivity index (χ3n) is 1.84. The first-order chi connectivity index (χ1) is 7.60. The molecule has 0 aliphatic rings. The highest BCUT2D eigenvalue weighted by atomic mass is 79.9. The summed E-state index contributed by atoms with van der Waals surface area (Å²) < 4.78 is 10.5. The van der Waals surface area contributed by atoms with Crippen molar-refractivity contribution in [2.75, 3.05) is 13.2 Å². The first kappa shape index (κ1) is 12.8. The van der Waals surface area contributed by atoms with Crippen molar-refractivity contribution < 1.29 is 19.4 Å². The smallest absolute Gasteiger partial charge is 0.342 e. The molecule has 1 aromatic carbocycles. The zero-order valence-electron chi connectivity index (χ0n) is 9.12. The van der Waals surface area contributed by atoms with Crippen LogP contribution < -0.4 is 4.74 Å². The van der Waals surface area contributed by atoms with Crippen LogP contribution in [0.4, 0.5) is 0 Å². The van der Waals surface area contributed by atoms with E-state index in [0.29, 0.717) is 16.8 Å². The number of halogens is 1. The second kappa shape index (κ2) is 5.75. The zero-order valence-corrected chi connectivity index (χ0v) is 10.7. The molecule has 0 saturated carbocycles. The first-order valence-corrected chi connectivity index (χ1v) is 5.71. The van der Waals surface area contributed by atoms with Gasteiger partial charge in [0.25, 0.3) is 0 Å². The number of benzene rings is 1. The third-order valence-corrected chi connectivity index (χ3v) is 2.45. The van der Waals surface area contributed by atoms with Crippen LogP contribution in [0.2, 0.25) is 0 Å². The molecular weight excluding hydrogens is 276 g/mol. The van der Waals surface area contributed by atoms with Crippen molar-refractivity contribution in [3.05, 3.63) is 22.2 Å². The van der Waals surface area contributed by atoms with Gasteiger partial charge in [0, 0.05) is 0 Å². The molecule has 0 aliphatic heterocycles. The largest absolute Gasteiger partial charge is 0.506 e. The van der Waals surface area contributed by atoms with E-state index in [1.165, 1.54) is 6.07 Å². The van der Waals surface area contributed by atoms with Crippen molar-refractivity contribution in [2.45, 2.75) is 13.8 Å². The van der Waals surface area contributed by atoms with Crippen LogP contribution in [-0.2, 0) is 4.74 Å². The minimum absolute atomic E-state index is 0.0969. The van der Waals surface area contributed by atoms with Gasteiger partial charge >= 0.3 is 5.97 Å². The van der Waals surface area contributed by atoms with Crippen LogP contribution >= 0.6 is 15.9 Å². The van der Waals surface area contributed by atoms with Gasteiger partial charge in [0.15, 0.2) is 0 Å². The average Bonchev–Trinajstić information content (AvgIpc) is 2.23. The van der Waals surface area contributed by atoms with Gasteiger partial charge in [-0.1, -0.05) is 0 Å². The fourth-order valence-corrected chi connectivity index (χ4v) is 1.63. The summed E-state index contributed by atoms with van der Waals surface area (Å²) in [5.41, 5.74) is 0.0969. The van der Waals surface area contributed by atoms with Gasteiger partial charge in [-0.05, 0) is 41.9 Å². The van der Waals surface area contributed by atoms with Crippen LogP contribution in [-0.4, -0.2) is 24.3 Å². The maximum absolute atomic E-state index is 11.5. The van der Waals surface area contributed by atoms with Crippen molar-refractivity contribution in [1.29, 1.82) is 0 Å². The summed E-state index contributed by atoms with van der Waals surface area (Å²) in [4.78, 5) is 11.5. The van der Waals surface area contributed by atoms with Gasteiger partial charge in [0.05, 0.1) is 17.7 Å². The van der Waals surface area contributed by atoms with Gasteiger partial charge in [-0.3, -0.25) is 0 Å². The number of hydrogen-bond acceptors (Lipinski definition) is 4. The van der Waals surface area contributed by atoms with E-state index in [9.17, 15) is 9.90 Å². The Morgan fingerprint density at radius 3 is 2.62 bits per heavy atom. The predicted octanol–water partition coefficient (Wildman–Crippen LogP) is 2.73. The fraction of sp³-hybridized carbons (Fsp3) is 0.364. The number of esters is 1. The van der Waals surface area contributed by atoms with E-state index in [1.54, 1.807) is 13.0 Å². The first-order valence-electron chi connectivity index (χ1n) is 4.92. The summed E-state index contributed by atoms with van der Waals surface area (Å²) in [7, 11) is 0. The highest BCUT2D eigenvalue weighted by Gasteiger charge is 2.16. The average molecular weight is 289 g/mol. The molecule has 0 atom stereocenters. The second-order valence-electron chi connectivity index (χ2n) is 2.95. The predicted molar refractivity (Wildman–Crippen MR) is 62.9 cm³/mol. The highest BCUT2D eigenvalue weighted by molar-refractivity contribution is 9.10. The van der Waals surface area contributed by atoms with Crippen LogP contribution in [0, 0.1) is 0 Å². The van der Waals surface area contributed by atoms with Crippen LogP contribution in [0.5, 0.6) is 11.5 Å². The molecule has 1 rings (SSSR count). The lowest BCUT2D eigenvalue weighted by Gasteiger charge is -2.09. The van der Waals surface area contributed by atoms with Crippen molar-refractivity contribution >= 4 is 21.9 Å². The molecular formula is C11H13BrO4. The molecule has 5 heteroatoms. The number of carbonyl (C=O) groups excluding carboxylic acids is 1. The standard InChI is InChI=1S/C11H13BrO4/c1-3-15-7-5-8(11(14)16-4-2)10(13)9(12)6-7/h5-6,13H,3-4H2,1-2H3. The number of phenols is 1. The Kier molecular flexibility index (Phi) is 4.61. The molecule has 88 valence electrons. The Hall–Kier alpha value is -1.23. The van der Waals surface area contributed by atoms with Crippen LogP contribution in [0.25, 0.3) is 0 Å². The van der Waals surface area contributed by atoms with Gasteiger partial charge in [0.2, 0.25) is 0 Å². The van der Waals surface area contributed by atoms with Crippen molar-refractivity contribution in [1.82, 2.24) is 0 Å². The molecule has 1 aromatic rings. The number of rotatable bonds is 4. The van der Waals surface area contributed by atoms with E-state index in [4.69, 9.17) is 9.47 Å². The van der Waals surface area contributed by atoms with E-state index in [1.807, 2.05) is 6.92 Å². The van der Waals surface area contributed by atoms with Crippen molar-refractivity contribution in [3.8, 4) is 11.5 Å². The molecule has 0 spiro atoms. The van der Waals surface area contributed by atoms with Crippen molar-refractivity contribution in [2.24, 2.45) is 0 Å². The number of aromatic hydroxyl groups is 1. The van der Waals surface area contributed by atoms with E-state index < -0.39 is 5.97 Å². The van der Waals surface area contributed by atoms with Crippen molar-refractivity contribution in [3.63, 3.8) is 0 Å². The summed E-state index contributed by atoms with van der Waals surface area (Å²) in [6, 6.07) is 3.06. The molecule has 0 heterocycles. The van der Waals surface area contributed by atoms with Crippen LogP contribution in [0.1, 0.15) is 24.2 Å². The molecule has 1 N–H and O–H groups in total. The fourth-order valence-electron chi connectivity index (χ4n) is 1.19. The molecule has 0 fully saturated rings. The lowest BCUT2D eigenvalue weighted by molar-refractivity contribution is 0.0522. The Bertz CT molecular complexity index is 390. The SMILES string of the molecule is CCOC(=O)c1cc(OCC)cc(Br)c1O. The molecule has 0 amide bonds.